The maximum atomic E-state index is 10.9. The van der Waals surface area contributed by atoms with E-state index in [0.717, 1.165) is 23.3 Å². The number of benzene rings is 4. The van der Waals surface area contributed by atoms with Gasteiger partial charge >= 0.3 is 5.97 Å². The number of ether oxygens (including phenoxy) is 1. The number of fused-ring (bicyclic) bond motifs is 1. The van der Waals surface area contributed by atoms with Crippen molar-refractivity contribution in [1.29, 1.82) is 0 Å². The number of halogens is 1. The van der Waals surface area contributed by atoms with Crippen LogP contribution in [-0.4, -0.2) is 33.7 Å². The van der Waals surface area contributed by atoms with Gasteiger partial charge in [-0.2, -0.15) is 0 Å². The molecular formula is C36H35ClN2O4S. The van der Waals surface area contributed by atoms with Crippen molar-refractivity contribution >= 4 is 57.2 Å². The van der Waals surface area contributed by atoms with Crippen LogP contribution >= 0.6 is 23.4 Å². The molecule has 1 unspecified atom stereocenters. The minimum Gasteiger partial charge on any atom is -0.489 e. The summed E-state index contributed by atoms with van der Waals surface area (Å²) in [6.45, 7) is 7.18. The predicted octanol–water partition coefficient (Wildman–Crippen LogP) is 8.77. The van der Waals surface area contributed by atoms with E-state index >= 15 is 0 Å². The molecule has 6 rings (SSSR count). The van der Waals surface area contributed by atoms with Crippen LogP contribution in [0.2, 0.25) is 5.02 Å². The molecule has 0 saturated carbocycles. The van der Waals surface area contributed by atoms with E-state index in [9.17, 15) is 4.79 Å². The Balaban J connectivity index is 1.39. The third kappa shape index (κ3) is 6.59. The Morgan fingerprint density at radius 2 is 1.82 bits per heavy atom. The molecule has 4 aromatic carbocycles. The topological polar surface area (TPSA) is 73.1 Å². The molecule has 6 nitrogen and oxygen atoms in total. The van der Waals surface area contributed by atoms with Crippen molar-refractivity contribution in [2.75, 3.05) is 6.61 Å². The summed E-state index contributed by atoms with van der Waals surface area (Å²) >= 11 is 8.12. The number of nitrogens with zero attached hydrogens (tertiary/aromatic N) is 2. The van der Waals surface area contributed by atoms with Gasteiger partial charge < -0.3 is 19.2 Å². The summed E-state index contributed by atoms with van der Waals surface area (Å²) in [5.74, 6) is -0.124. The standard InChI is InChI=1S/C36H35ClN2O4S/c1-23-16-29-32(42-20-25-8-11-26-6-4-5-7-27(26)17-25)15-14-30-34(29)35(44-23)31(18-36(2,3)22-38-43-21-33(40)41)39(30)19-24-9-12-28(37)13-10-24/h4-15,17,22-23H,16,18-21H2,1-3H3,(H,40,41). The van der Waals surface area contributed by atoms with Crippen LogP contribution in [0.4, 0.5) is 0 Å². The van der Waals surface area contributed by atoms with Crippen molar-refractivity contribution < 1.29 is 19.5 Å². The molecule has 8 heteroatoms. The normalized spacial score (nSPS) is 14.9. The van der Waals surface area contributed by atoms with Gasteiger partial charge in [0.15, 0.2) is 0 Å². The van der Waals surface area contributed by atoms with Crippen LogP contribution in [0.5, 0.6) is 5.75 Å². The van der Waals surface area contributed by atoms with Crippen LogP contribution in [-0.2, 0) is 35.6 Å². The quantitative estimate of drug-likeness (QED) is 0.117. The largest absolute Gasteiger partial charge is 0.489 e. The number of oxime groups is 1. The molecule has 226 valence electrons. The fraction of sp³-hybridized carbons (Fsp3) is 0.278. The monoisotopic (exact) mass is 626 g/mol. The zero-order valence-corrected chi connectivity index (χ0v) is 26.6. The highest BCUT2D eigenvalue weighted by Crippen LogP contribution is 2.48. The zero-order valence-electron chi connectivity index (χ0n) is 25.0. The second-order valence-corrected chi connectivity index (χ2v) is 14.0. The molecule has 5 aromatic rings. The predicted molar refractivity (Wildman–Crippen MR) is 179 cm³/mol. The van der Waals surface area contributed by atoms with Crippen molar-refractivity contribution in [3.8, 4) is 5.75 Å². The first kappa shape index (κ1) is 30.1. The highest BCUT2D eigenvalue weighted by atomic mass is 35.5. The lowest BCUT2D eigenvalue weighted by atomic mass is 9.89. The molecule has 1 aliphatic heterocycles. The van der Waals surface area contributed by atoms with E-state index in [1.54, 1.807) is 6.21 Å². The van der Waals surface area contributed by atoms with Crippen molar-refractivity contribution in [1.82, 2.24) is 4.57 Å². The van der Waals surface area contributed by atoms with Gasteiger partial charge in [-0.3, -0.25) is 0 Å². The summed E-state index contributed by atoms with van der Waals surface area (Å²) in [5.41, 5.74) is 5.54. The van der Waals surface area contributed by atoms with E-state index in [-0.39, 0.29) is 0 Å². The fourth-order valence-corrected chi connectivity index (χ4v) is 7.31. The molecule has 44 heavy (non-hydrogen) atoms. The van der Waals surface area contributed by atoms with Crippen LogP contribution in [0.25, 0.3) is 21.7 Å². The van der Waals surface area contributed by atoms with Crippen molar-refractivity contribution in [3.63, 3.8) is 0 Å². The second kappa shape index (κ2) is 12.6. The number of carbonyl (C=O) groups is 1. The van der Waals surface area contributed by atoms with E-state index in [0.29, 0.717) is 29.8 Å². The van der Waals surface area contributed by atoms with Crippen LogP contribution in [0.3, 0.4) is 0 Å². The Hall–Kier alpha value is -3.94. The molecule has 0 saturated heterocycles. The molecule has 0 aliphatic carbocycles. The number of hydrogen-bond acceptors (Lipinski definition) is 5. The van der Waals surface area contributed by atoms with Crippen LogP contribution in [0.1, 0.15) is 43.2 Å². The molecule has 0 fully saturated rings. The summed E-state index contributed by atoms with van der Waals surface area (Å²) in [5, 5.41) is 17.7. The number of hydrogen-bond donors (Lipinski definition) is 1. The van der Waals surface area contributed by atoms with Gasteiger partial charge in [0.25, 0.3) is 0 Å². The Bertz CT molecular complexity index is 1860. The second-order valence-electron chi connectivity index (χ2n) is 12.1. The van der Waals surface area contributed by atoms with Gasteiger partial charge in [0, 0.05) is 50.0 Å². The first-order chi connectivity index (χ1) is 21.2. The smallest absolute Gasteiger partial charge is 0.344 e. The maximum Gasteiger partial charge on any atom is 0.344 e. The number of aromatic nitrogens is 1. The summed E-state index contributed by atoms with van der Waals surface area (Å²) < 4.78 is 8.96. The highest BCUT2D eigenvalue weighted by molar-refractivity contribution is 8.00. The average Bonchev–Trinajstić information content (AvgIpc) is 3.27. The van der Waals surface area contributed by atoms with Crippen molar-refractivity contribution in [2.24, 2.45) is 10.6 Å². The maximum absolute atomic E-state index is 10.9. The average molecular weight is 627 g/mol. The van der Waals surface area contributed by atoms with Gasteiger partial charge in [-0.05, 0) is 65.1 Å². The van der Waals surface area contributed by atoms with Gasteiger partial charge in [0.05, 0.1) is 5.52 Å². The summed E-state index contributed by atoms with van der Waals surface area (Å²) in [6, 6.07) is 27.2. The Morgan fingerprint density at radius 1 is 1.07 bits per heavy atom. The minimum absolute atomic E-state index is 0.372. The highest BCUT2D eigenvalue weighted by Gasteiger charge is 2.31. The van der Waals surface area contributed by atoms with Gasteiger partial charge in [0.1, 0.15) is 12.4 Å². The van der Waals surface area contributed by atoms with Gasteiger partial charge in [-0.15, -0.1) is 11.8 Å². The SMILES string of the molecule is CC1Cc2c(OCc3ccc4ccccc4c3)ccc3c2c(c(CC(C)(C)C=NOCC(=O)O)n3Cc2ccc(Cl)cc2)S1. The van der Waals surface area contributed by atoms with Gasteiger partial charge in [-0.1, -0.05) is 86.1 Å². The minimum atomic E-state index is -1.05. The first-order valence-electron chi connectivity index (χ1n) is 14.7. The van der Waals surface area contributed by atoms with Crippen LogP contribution in [0.15, 0.2) is 88.9 Å². The molecule has 1 N–H and O–H groups in total. The number of thioether (sulfide) groups is 1. The van der Waals surface area contributed by atoms with Gasteiger partial charge in [0.2, 0.25) is 6.61 Å². The lowest BCUT2D eigenvalue weighted by Crippen LogP contribution is -2.21. The number of rotatable bonds is 11. The lowest BCUT2D eigenvalue weighted by Gasteiger charge is -2.24. The van der Waals surface area contributed by atoms with E-state index in [4.69, 9.17) is 26.3 Å². The first-order valence-corrected chi connectivity index (χ1v) is 16.0. The molecule has 1 aromatic heterocycles. The number of aliphatic carboxylic acids is 1. The molecule has 2 heterocycles. The number of carboxylic acids is 1. The van der Waals surface area contributed by atoms with Crippen molar-refractivity contribution in [3.05, 3.63) is 106 Å². The summed E-state index contributed by atoms with van der Waals surface area (Å²) in [7, 11) is 0. The Morgan fingerprint density at radius 3 is 2.59 bits per heavy atom. The van der Waals surface area contributed by atoms with Crippen LogP contribution in [0, 0.1) is 5.41 Å². The van der Waals surface area contributed by atoms with E-state index in [1.807, 2.05) is 23.9 Å². The van der Waals surface area contributed by atoms with E-state index in [1.165, 1.54) is 37.8 Å². The number of carboxylic acid groups (broad SMARTS) is 1. The Kier molecular flexibility index (Phi) is 8.61. The molecule has 1 aliphatic rings. The van der Waals surface area contributed by atoms with Gasteiger partial charge in [-0.25, -0.2) is 4.79 Å². The molecule has 1 atom stereocenters. The molecule has 0 spiro atoms. The molecule has 0 radical (unpaired) electrons. The van der Waals surface area contributed by atoms with E-state index < -0.39 is 18.0 Å². The third-order valence-corrected chi connectivity index (χ3v) is 9.41. The molecule has 0 amide bonds. The zero-order chi connectivity index (χ0) is 30.8. The summed E-state index contributed by atoms with van der Waals surface area (Å²) in [4.78, 5) is 17.2. The van der Waals surface area contributed by atoms with Crippen molar-refractivity contribution in [2.45, 2.75) is 56.9 Å². The summed E-state index contributed by atoms with van der Waals surface area (Å²) in [6.07, 6.45) is 3.32. The van der Waals surface area contributed by atoms with Crippen LogP contribution < -0.4 is 4.74 Å². The third-order valence-electron chi connectivity index (χ3n) is 7.91. The fourth-order valence-electron chi connectivity index (χ4n) is 5.87. The van der Waals surface area contributed by atoms with E-state index in [2.05, 4.69) is 97.2 Å². The Labute approximate surface area is 266 Å². The molecular weight excluding hydrogens is 592 g/mol. The molecule has 0 bridgehead atoms. The lowest BCUT2D eigenvalue weighted by molar-refractivity contribution is -0.142.